The zero-order valence-electron chi connectivity index (χ0n) is 11.6. The minimum Gasteiger partial charge on any atom is -0.465 e. The number of carbonyl (C=O) groups excluding carboxylic acids is 1. The first-order chi connectivity index (χ1) is 9.37. The summed E-state index contributed by atoms with van der Waals surface area (Å²) in [5.41, 5.74) is 0.0851. The smallest absolute Gasteiger partial charge is 0.341 e. The maximum atomic E-state index is 12.5. The van der Waals surface area contributed by atoms with Crippen LogP contribution in [0.4, 0.5) is 0 Å². The van der Waals surface area contributed by atoms with E-state index in [1.165, 1.54) is 17.5 Å². The molecule has 1 saturated heterocycles. The van der Waals surface area contributed by atoms with Crippen molar-refractivity contribution in [3.05, 3.63) is 17.9 Å². The molecule has 2 atom stereocenters. The Morgan fingerprint density at radius 3 is 2.85 bits per heavy atom. The van der Waals surface area contributed by atoms with Gasteiger partial charge < -0.3 is 14.5 Å². The summed E-state index contributed by atoms with van der Waals surface area (Å²) in [5, 5.41) is 2.97. The predicted molar refractivity (Wildman–Crippen MR) is 70.9 cm³/mol. The summed E-state index contributed by atoms with van der Waals surface area (Å²) in [6, 6.07) is 1.05. The van der Waals surface area contributed by atoms with Crippen LogP contribution in [0, 0.1) is 0 Å². The molecule has 20 heavy (non-hydrogen) atoms. The van der Waals surface area contributed by atoms with Gasteiger partial charge in [-0.2, -0.15) is 4.31 Å². The lowest BCUT2D eigenvalue weighted by Crippen LogP contribution is -2.56. The Labute approximate surface area is 117 Å². The fourth-order valence-electron chi connectivity index (χ4n) is 2.16. The van der Waals surface area contributed by atoms with E-state index in [2.05, 4.69) is 10.1 Å². The molecule has 1 aliphatic rings. The molecule has 0 aliphatic carbocycles. The molecule has 1 aromatic rings. The van der Waals surface area contributed by atoms with Gasteiger partial charge in [-0.1, -0.05) is 0 Å². The molecule has 0 bridgehead atoms. The summed E-state index contributed by atoms with van der Waals surface area (Å²) in [5.74, 6) is -0.628. The molecule has 2 heterocycles. The van der Waals surface area contributed by atoms with Crippen LogP contribution >= 0.6 is 0 Å². The highest BCUT2D eigenvalue weighted by Gasteiger charge is 2.36. The molecule has 7 nitrogen and oxygen atoms in total. The molecule has 2 rings (SSSR count). The Bertz CT molecular complexity index is 595. The Morgan fingerprint density at radius 2 is 2.20 bits per heavy atom. The summed E-state index contributed by atoms with van der Waals surface area (Å²) in [6.07, 6.45) is 1.09. The first-order valence-electron chi connectivity index (χ1n) is 6.30. The normalized spacial score (nSPS) is 24.6. The molecule has 1 aromatic heterocycles. The van der Waals surface area contributed by atoms with Gasteiger partial charge in [0.05, 0.1) is 12.7 Å². The van der Waals surface area contributed by atoms with E-state index in [0.717, 1.165) is 6.26 Å². The zero-order valence-corrected chi connectivity index (χ0v) is 12.4. The SMILES string of the molecule is COC(=O)c1coc(S(=O)(=O)N2CCNC(C)C2C)c1. The first kappa shape index (κ1) is 15.0. The van der Waals surface area contributed by atoms with Gasteiger partial charge in [-0.05, 0) is 13.8 Å². The van der Waals surface area contributed by atoms with Gasteiger partial charge >= 0.3 is 5.97 Å². The van der Waals surface area contributed by atoms with Crippen molar-refractivity contribution in [2.24, 2.45) is 0 Å². The molecule has 0 spiro atoms. The van der Waals surface area contributed by atoms with E-state index in [0.29, 0.717) is 13.1 Å². The minimum atomic E-state index is -3.75. The molecule has 8 heteroatoms. The van der Waals surface area contributed by atoms with Gasteiger partial charge in [-0.3, -0.25) is 0 Å². The minimum absolute atomic E-state index is 0.0496. The molecule has 1 fully saturated rings. The summed E-state index contributed by atoms with van der Waals surface area (Å²) < 4.78 is 36.0. The molecule has 0 radical (unpaired) electrons. The molecule has 0 saturated carbocycles. The van der Waals surface area contributed by atoms with Gasteiger partial charge in [0.2, 0.25) is 5.09 Å². The largest absolute Gasteiger partial charge is 0.465 e. The van der Waals surface area contributed by atoms with Crippen LogP contribution in [-0.4, -0.2) is 51.0 Å². The quantitative estimate of drug-likeness (QED) is 0.815. The standard InChI is InChI=1S/C12H18N2O5S/c1-8-9(2)14(5-4-13-8)20(16,17)11-6-10(7-19-11)12(15)18-3/h6-9,13H,4-5H2,1-3H3. The average Bonchev–Trinajstić information content (AvgIpc) is 2.91. The van der Waals surface area contributed by atoms with Crippen molar-refractivity contribution in [2.45, 2.75) is 31.0 Å². The zero-order chi connectivity index (χ0) is 14.9. The first-order valence-corrected chi connectivity index (χ1v) is 7.74. The van der Waals surface area contributed by atoms with Crippen molar-refractivity contribution in [1.82, 2.24) is 9.62 Å². The summed E-state index contributed by atoms with van der Waals surface area (Å²) in [7, 11) is -2.52. The third kappa shape index (κ3) is 2.58. The third-order valence-corrected chi connectivity index (χ3v) is 5.39. The maximum absolute atomic E-state index is 12.5. The van der Waals surface area contributed by atoms with E-state index >= 15 is 0 Å². The van der Waals surface area contributed by atoms with Crippen molar-refractivity contribution in [3.8, 4) is 0 Å². The van der Waals surface area contributed by atoms with Gasteiger partial charge in [0, 0.05) is 31.2 Å². The van der Waals surface area contributed by atoms with Gasteiger partial charge in [0.1, 0.15) is 6.26 Å². The lowest BCUT2D eigenvalue weighted by atomic mass is 10.1. The highest BCUT2D eigenvalue weighted by atomic mass is 32.2. The van der Waals surface area contributed by atoms with Crippen LogP contribution in [0.3, 0.4) is 0 Å². The maximum Gasteiger partial charge on any atom is 0.341 e. The molecular formula is C12H18N2O5S. The topological polar surface area (TPSA) is 88.8 Å². The van der Waals surface area contributed by atoms with Crippen LogP contribution in [0.5, 0.6) is 0 Å². The van der Waals surface area contributed by atoms with E-state index < -0.39 is 16.0 Å². The predicted octanol–water partition coefficient (Wildman–Crippen LogP) is 0.437. The highest BCUT2D eigenvalue weighted by Crippen LogP contribution is 2.23. The molecular weight excluding hydrogens is 284 g/mol. The second-order valence-electron chi connectivity index (χ2n) is 4.75. The molecule has 1 N–H and O–H groups in total. The van der Waals surface area contributed by atoms with Gasteiger partial charge in [0.25, 0.3) is 10.0 Å². The number of carbonyl (C=O) groups is 1. The monoisotopic (exact) mass is 302 g/mol. The van der Waals surface area contributed by atoms with E-state index in [4.69, 9.17) is 4.42 Å². The van der Waals surface area contributed by atoms with E-state index in [1.807, 2.05) is 13.8 Å². The van der Waals surface area contributed by atoms with Gasteiger partial charge in [-0.25, -0.2) is 13.2 Å². The summed E-state index contributed by atoms with van der Waals surface area (Å²) >= 11 is 0. The second kappa shape index (κ2) is 5.55. The highest BCUT2D eigenvalue weighted by molar-refractivity contribution is 7.89. The van der Waals surface area contributed by atoms with Crippen molar-refractivity contribution >= 4 is 16.0 Å². The number of esters is 1. The third-order valence-electron chi connectivity index (χ3n) is 3.54. The number of furan rings is 1. The number of piperazine rings is 1. The fourth-order valence-corrected chi connectivity index (χ4v) is 3.79. The van der Waals surface area contributed by atoms with Crippen LogP contribution in [0.25, 0.3) is 0 Å². The van der Waals surface area contributed by atoms with Crippen LogP contribution in [0.1, 0.15) is 24.2 Å². The van der Waals surface area contributed by atoms with E-state index in [-0.39, 0.29) is 22.7 Å². The number of hydrogen-bond acceptors (Lipinski definition) is 6. The molecule has 1 aliphatic heterocycles. The van der Waals surface area contributed by atoms with E-state index in [9.17, 15) is 13.2 Å². The Hall–Kier alpha value is -1.38. The van der Waals surface area contributed by atoms with Crippen molar-refractivity contribution in [3.63, 3.8) is 0 Å². The average molecular weight is 302 g/mol. The lowest BCUT2D eigenvalue weighted by molar-refractivity contribution is 0.0600. The van der Waals surface area contributed by atoms with Crippen molar-refractivity contribution in [1.29, 1.82) is 0 Å². The van der Waals surface area contributed by atoms with Crippen LogP contribution < -0.4 is 5.32 Å². The summed E-state index contributed by atoms with van der Waals surface area (Å²) in [6.45, 7) is 4.70. The number of nitrogens with one attached hydrogen (secondary N) is 1. The number of methoxy groups -OCH3 is 1. The van der Waals surface area contributed by atoms with Crippen LogP contribution in [0.15, 0.2) is 21.8 Å². The summed E-state index contributed by atoms with van der Waals surface area (Å²) in [4.78, 5) is 11.3. The Kier molecular flexibility index (Phi) is 4.17. The number of hydrogen-bond donors (Lipinski definition) is 1. The number of sulfonamides is 1. The number of ether oxygens (including phenoxy) is 1. The molecule has 0 amide bonds. The fraction of sp³-hybridized carbons (Fsp3) is 0.583. The Balaban J connectivity index is 2.30. The van der Waals surface area contributed by atoms with Crippen molar-refractivity contribution < 1.29 is 22.4 Å². The van der Waals surface area contributed by atoms with Crippen LogP contribution in [-0.2, 0) is 14.8 Å². The number of nitrogens with zero attached hydrogens (tertiary/aromatic N) is 1. The second-order valence-corrected chi connectivity index (χ2v) is 6.57. The van der Waals surface area contributed by atoms with E-state index in [1.54, 1.807) is 0 Å². The Morgan fingerprint density at radius 1 is 1.50 bits per heavy atom. The molecule has 2 unspecified atom stereocenters. The number of rotatable bonds is 3. The van der Waals surface area contributed by atoms with Gasteiger partial charge in [0.15, 0.2) is 0 Å². The van der Waals surface area contributed by atoms with Gasteiger partial charge in [-0.15, -0.1) is 0 Å². The van der Waals surface area contributed by atoms with Crippen LogP contribution in [0.2, 0.25) is 0 Å². The molecule has 112 valence electrons. The molecule has 0 aromatic carbocycles. The lowest BCUT2D eigenvalue weighted by Gasteiger charge is -2.36. The van der Waals surface area contributed by atoms with Crippen molar-refractivity contribution in [2.75, 3.05) is 20.2 Å².